The molecule has 13 heavy (non-hydrogen) atoms. The van der Waals surface area contributed by atoms with Gasteiger partial charge in [0.1, 0.15) is 0 Å². The van der Waals surface area contributed by atoms with Gasteiger partial charge in [-0.15, -0.1) is 0 Å². The first kappa shape index (κ1) is 10.3. The first-order valence-corrected chi connectivity index (χ1v) is 4.81. The largest absolute Gasteiger partial charge is 0.490 e. The predicted octanol–water partition coefficient (Wildman–Crippen LogP) is 2.70. The fourth-order valence-corrected chi connectivity index (χ4v) is 1.01. The molecule has 0 aliphatic rings. The minimum atomic E-state index is 0.251. The molecule has 0 aliphatic heterocycles. The Kier molecular flexibility index (Phi) is 4.54. The molecular formula is C9H13ClN2O. The standard InChI is InChI=1S/C9H13ClN2O/c1-2-3-4-5-13-8-6-11-9(10)12-7-8/h6-7H,2-5H2,1H3. The Balaban J connectivity index is 2.25. The Morgan fingerprint density at radius 2 is 2.00 bits per heavy atom. The highest BCUT2D eigenvalue weighted by Gasteiger charge is 1.94. The summed E-state index contributed by atoms with van der Waals surface area (Å²) in [6, 6.07) is 0. The van der Waals surface area contributed by atoms with Crippen LogP contribution >= 0.6 is 11.6 Å². The molecule has 3 nitrogen and oxygen atoms in total. The molecule has 1 heterocycles. The summed E-state index contributed by atoms with van der Waals surface area (Å²) in [5, 5.41) is 0.251. The topological polar surface area (TPSA) is 35.0 Å². The second kappa shape index (κ2) is 5.75. The zero-order chi connectivity index (χ0) is 9.52. The van der Waals surface area contributed by atoms with E-state index >= 15 is 0 Å². The van der Waals surface area contributed by atoms with Crippen molar-refractivity contribution in [2.45, 2.75) is 26.2 Å². The zero-order valence-corrected chi connectivity index (χ0v) is 8.42. The molecular weight excluding hydrogens is 188 g/mol. The molecule has 0 radical (unpaired) electrons. The van der Waals surface area contributed by atoms with Crippen molar-refractivity contribution in [1.82, 2.24) is 9.97 Å². The van der Waals surface area contributed by atoms with Gasteiger partial charge in [0, 0.05) is 0 Å². The third-order valence-electron chi connectivity index (χ3n) is 1.61. The van der Waals surface area contributed by atoms with E-state index in [0.717, 1.165) is 13.0 Å². The van der Waals surface area contributed by atoms with Crippen molar-refractivity contribution >= 4 is 11.6 Å². The number of halogens is 1. The van der Waals surface area contributed by atoms with Gasteiger partial charge >= 0.3 is 0 Å². The van der Waals surface area contributed by atoms with E-state index in [1.165, 1.54) is 12.8 Å². The molecule has 0 fully saturated rings. The van der Waals surface area contributed by atoms with Gasteiger partial charge in [0.25, 0.3) is 0 Å². The van der Waals surface area contributed by atoms with Crippen LogP contribution in [-0.4, -0.2) is 16.6 Å². The summed E-state index contributed by atoms with van der Waals surface area (Å²) >= 11 is 5.52. The van der Waals surface area contributed by atoms with Crippen LogP contribution in [0.15, 0.2) is 12.4 Å². The van der Waals surface area contributed by atoms with Crippen molar-refractivity contribution in [3.05, 3.63) is 17.7 Å². The van der Waals surface area contributed by atoms with E-state index in [9.17, 15) is 0 Å². The number of nitrogens with zero attached hydrogens (tertiary/aromatic N) is 2. The molecule has 0 aromatic carbocycles. The Hall–Kier alpha value is -0.830. The number of rotatable bonds is 5. The van der Waals surface area contributed by atoms with Crippen molar-refractivity contribution in [1.29, 1.82) is 0 Å². The molecule has 0 saturated carbocycles. The average molecular weight is 201 g/mol. The maximum absolute atomic E-state index is 5.52. The summed E-state index contributed by atoms with van der Waals surface area (Å²) in [6.07, 6.45) is 6.62. The van der Waals surface area contributed by atoms with Crippen LogP contribution in [0.5, 0.6) is 5.75 Å². The smallest absolute Gasteiger partial charge is 0.222 e. The maximum Gasteiger partial charge on any atom is 0.222 e. The van der Waals surface area contributed by atoms with Crippen molar-refractivity contribution < 1.29 is 4.74 Å². The van der Waals surface area contributed by atoms with E-state index in [1.54, 1.807) is 12.4 Å². The molecule has 0 aliphatic carbocycles. The van der Waals surface area contributed by atoms with Crippen molar-refractivity contribution in [3.8, 4) is 5.75 Å². The van der Waals surface area contributed by atoms with Crippen LogP contribution < -0.4 is 4.74 Å². The van der Waals surface area contributed by atoms with E-state index in [0.29, 0.717) is 5.75 Å². The number of ether oxygens (including phenoxy) is 1. The highest BCUT2D eigenvalue weighted by atomic mass is 35.5. The minimum Gasteiger partial charge on any atom is -0.490 e. The highest BCUT2D eigenvalue weighted by Crippen LogP contribution is 2.09. The molecule has 0 N–H and O–H groups in total. The van der Waals surface area contributed by atoms with Gasteiger partial charge in [0.05, 0.1) is 19.0 Å². The first-order valence-electron chi connectivity index (χ1n) is 4.43. The highest BCUT2D eigenvalue weighted by molar-refractivity contribution is 6.28. The predicted molar refractivity (Wildman–Crippen MR) is 52.1 cm³/mol. The average Bonchev–Trinajstić information content (AvgIpc) is 2.15. The number of unbranched alkanes of at least 4 members (excludes halogenated alkanes) is 2. The summed E-state index contributed by atoms with van der Waals surface area (Å²) in [6.45, 7) is 2.88. The quantitative estimate of drug-likeness (QED) is 0.542. The summed E-state index contributed by atoms with van der Waals surface area (Å²) in [4.78, 5) is 7.61. The van der Waals surface area contributed by atoms with Gasteiger partial charge in [-0.3, -0.25) is 0 Å². The van der Waals surface area contributed by atoms with Gasteiger partial charge in [-0.05, 0) is 18.0 Å². The van der Waals surface area contributed by atoms with Gasteiger partial charge in [-0.1, -0.05) is 19.8 Å². The van der Waals surface area contributed by atoms with Crippen LogP contribution in [0.1, 0.15) is 26.2 Å². The van der Waals surface area contributed by atoms with E-state index < -0.39 is 0 Å². The molecule has 0 amide bonds. The lowest BCUT2D eigenvalue weighted by Gasteiger charge is -2.03. The molecule has 4 heteroatoms. The molecule has 0 saturated heterocycles. The second-order valence-corrected chi connectivity index (χ2v) is 3.08. The molecule has 0 spiro atoms. The third-order valence-corrected chi connectivity index (χ3v) is 1.81. The van der Waals surface area contributed by atoms with Gasteiger partial charge in [0.15, 0.2) is 5.75 Å². The van der Waals surface area contributed by atoms with Crippen LogP contribution in [0, 0.1) is 0 Å². The molecule has 1 aromatic heterocycles. The van der Waals surface area contributed by atoms with Gasteiger partial charge in [-0.25, -0.2) is 9.97 Å². The normalized spacial score (nSPS) is 10.0. The Bertz CT molecular complexity index is 238. The van der Waals surface area contributed by atoms with E-state index in [-0.39, 0.29) is 5.28 Å². The van der Waals surface area contributed by atoms with Crippen LogP contribution in [-0.2, 0) is 0 Å². The fraction of sp³-hybridized carbons (Fsp3) is 0.556. The van der Waals surface area contributed by atoms with E-state index in [1.807, 2.05) is 0 Å². The summed E-state index contributed by atoms with van der Waals surface area (Å²) in [5.74, 6) is 0.681. The Morgan fingerprint density at radius 1 is 1.31 bits per heavy atom. The van der Waals surface area contributed by atoms with Crippen LogP contribution in [0.4, 0.5) is 0 Å². The third kappa shape index (κ3) is 4.08. The van der Waals surface area contributed by atoms with Crippen molar-refractivity contribution in [2.24, 2.45) is 0 Å². The summed E-state index contributed by atoms with van der Waals surface area (Å²) < 4.78 is 5.38. The molecule has 72 valence electrons. The Morgan fingerprint density at radius 3 is 2.62 bits per heavy atom. The molecule has 0 atom stereocenters. The van der Waals surface area contributed by atoms with Crippen molar-refractivity contribution in [2.75, 3.05) is 6.61 Å². The van der Waals surface area contributed by atoms with E-state index in [2.05, 4.69) is 16.9 Å². The lowest BCUT2D eigenvalue weighted by molar-refractivity contribution is 0.304. The van der Waals surface area contributed by atoms with Crippen molar-refractivity contribution in [3.63, 3.8) is 0 Å². The van der Waals surface area contributed by atoms with Crippen LogP contribution in [0.2, 0.25) is 5.28 Å². The molecule has 1 rings (SSSR count). The second-order valence-electron chi connectivity index (χ2n) is 2.74. The number of hydrogen-bond acceptors (Lipinski definition) is 3. The van der Waals surface area contributed by atoms with E-state index in [4.69, 9.17) is 16.3 Å². The molecule has 0 unspecified atom stereocenters. The van der Waals surface area contributed by atoms with Gasteiger partial charge in [-0.2, -0.15) is 0 Å². The van der Waals surface area contributed by atoms with Crippen LogP contribution in [0.25, 0.3) is 0 Å². The SMILES string of the molecule is CCCCCOc1cnc(Cl)nc1. The summed E-state index contributed by atoms with van der Waals surface area (Å²) in [5.41, 5.74) is 0. The fourth-order valence-electron chi connectivity index (χ4n) is 0.917. The Labute approximate surface area is 83.1 Å². The monoisotopic (exact) mass is 200 g/mol. The first-order chi connectivity index (χ1) is 6.33. The summed E-state index contributed by atoms with van der Waals surface area (Å²) in [7, 11) is 0. The lowest BCUT2D eigenvalue weighted by Crippen LogP contribution is -1.97. The number of aromatic nitrogens is 2. The maximum atomic E-state index is 5.52. The van der Waals surface area contributed by atoms with Gasteiger partial charge < -0.3 is 4.74 Å². The minimum absolute atomic E-state index is 0.251. The number of hydrogen-bond donors (Lipinski definition) is 0. The zero-order valence-electron chi connectivity index (χ0n) is 7.66. The molecule has 1 aromatic rings. The molecule has 0 bridgehead atoms. The van der Waals surface area contributed by atoms with Gasteiger partial charge in [0.2, 0.25) is 5.28 Å². The lowest BCUT2D eigenvalue weighted by atomic mass is 10.3. The van der Waals surface area contributed by atoms with Crippen LogP contribution in [0.3, 0.4) is 0 Å².